The summed E-state index contributed by atoms with van der Waals surface area (Å²) >= 11 is 1.67. The van der Waals surface area contributed by atoms with Crippen LogP contribution >= 0.6 is 11.8 Å². The van der Waals surface area contributed by atoms with Gasteiger partial charge in [0.1, 0.15) is 0 Å². The lowest BCUT2D eigenvalue weighted by Gasteiger charge is -2.24. The summed E-state index contributed by atoms with van der Waals surface area (Å²) in [5.74, 6) is 0. The first-order chi connectivity index (χ1) is 7.63. The highest BCUT2D eigenvalue weighted by Crippen LogP contribution is 2.30. The number of aromatic amines is 1. The second-order valence-corrected chi connectivity index (χ2v) is 5.64. The van der Waals surface area contributed by atoms with Gasteiger partial charge in [0.2, 0.25) is 0 Å². The third kappa shape index (κ3) is 3.09. The molecule has 1 saturated carbocycles. The number of aryl methyl sites for hydroxylation is 1. The molecule has 0 amide bonds. The molecule has 0 atom stereocenters. The van der Waals surface area contributed by atoms with E-state index in [9.17, 15) is 4.79 Å². The van der Waals surface area contributed by atoms with Crippen molar-refractivity contribution in [3.8, 4) is 0 Å². The Morgan fingerprint density at radius 3 is 2.75 bits per heavy atom. The van der Waals surface area contributed by atoms with Crippen molar-refractivity contribution in [1.29, 1.82) is 0 Å². The number of hydrogen-bond donors (Lipinski definition) is 2. The van der Waals surface area contributed by atoms with Gasteiger partial charge in [-0.1, -0.05) is 11.8 Å². The number of rotatable bonds is 2. The minimum absolute atomic E-state index is 0.0671. The second-order valence-electron chi connectivity index (χ2n) is 4.35. The van der Waals surface area contributed by atoms with Crippen molar-refractivity contribution in [2.75, 3.05) is 0 Å². The minimum atomic E-state index is -0.0671. The third-order valence-corrected chi connectivity index (χ3v) is 4.07. The molecule has 1 aromatic rings. The summed E-state index contributed by atoms with van der Waals surface area (Å²) in [6.45, 7) is 1.84. The summed E-state index contributed by atoms with van der Waals surface area (Å²) in [7, 11) is 0. The van der Waals surface area contributed by atoms with Gasteiger partial charge in [0, 0.05) is 23.1 Å². The van der Waals surface area contributed by atoms with Crippen molar-refractivity contribution in [2.24, 2.45) is 5.73 Å². The van der Waals surface area contributed by atoms with E-state index < -0.39 is 0 Å². The molecule has 0 aliphatic heterocycles. The van der Waals surface area contributed by atoms with E-state index in [0.717, 1.165) is 36.5 Å². The van der Waals surface area contributed by atoms with E-state index in [1.165, 1.54) is 6.07 Å². The minimum Gasteiger partial charge on any atom is -0.328 e. The predicted molar refractivity (Wildman–Crippen MR) is 65.7 cm³/mol. The van der Waals surface area contributed by atoms with Gasteiger partial charge in [0.15, 0.2) is 5.16 Å². The van der Waals surface area contributed by atoms with E-state index in [4.69, 9.17) is 5.73 Å². The number of nitrogens with two attached hydrogens (primary N) is 1. The Morgan fingerprint density at radius 2 is 2.12 bits per heavy atom. The number of nitrogens with one attached hydrogen (secondary N) is 1. The fourth-order valence-corrected chi connectivity index (χ4v) is 3.15. The molecule has 0 unspecified atom stereocenters. The van der Waals surface area contributed by atoms with E-state index in [2.05, 4.69) is 9.97 Å². The van der Waals surface area contributed by atoms with Gasteiger partial charge in [-0.15, -0.1) is 0 Å². The van der Waals surface area contributed by atoms with Crippen LogP contribution in [-0.2, 0) is 0 Å². The fourth-order valence-electron chi connectivity index (χ4n) is 1.97. The molecule has 0 saturated heterocycles. The van der Waals surface area contributed by atoms with Crippen molar-refractivity contribution in [3.63, 3.8) is 0 Å². The molecule has 16 heavy (non-hydrogen) atoms. The summed E-state index contributed by atoms with van der Waals surface area (Å²) in [6, 6.07) is 1.88. The van der Waals surface area contributed by atoms with Gasteiger partial charge in [-0.25, -0.2) is 4.98 Å². The Balaban J connectivity index is 2.01. The van der Waals surface area contributed by atoms with Crippen molar-refractivity contribution >= 4 is 11.8 Å². The quantitative estimate of drug-likeness (QED) is 0.766. The highest BCUT2D eigenvalue weighted by molar-refractivity contribution is 7.99. The van der Waals surface area contributed by atoms with Gasteiger partial charge < -0.3 is 10.7 Å². The molecular formula is C11H17N3OS. The number of hydrogen-bond acceptors (Lipinski definition) is 4. The molecule has 1 aliphatic rings. The summed E-state index contributed by atoms with van der Waals surface area (Å²) < 4.78 is 0. The van der Waals surface area contributed by atoms with Crippen LogP contribution in [0, 0.1) is 6.92 Å². The van der Waals surface area contributed by atoms with Gasteiger partial charge in [0.05, 0.1) is 0 Å². The fraction of sp³-hybridized carbons (Fsp3) is 0.636. The molecule has 3 N–H and O–H groups in total. The van der Waals surface area contributed by atoms with Crippen LogP contribution in [0.15, 0.2) is 16.0 Å². The summed E-state index contributed by atoms with van der Waals surface area (Å²) in [5, 5.41) is 1.29. The average molecular weight is 239 g/mol. The Kier molecular flexibility index (Phi) is 3.66. The zero-order valence-corrected chi connectivity index (χ0v) is 10.2. The standard InChI is InChI=1S/C11H17N3OS/c1-7-6-10(15)14-11(13-7)16-9-4-2-8(12)3-5-9/h6,8-9H,2-5,12H2,1H3,(H,13,14,15). The highest BCUT2D eigenvalue weighted by atomic mass is 32.2. The zero-order chi connectivity index (χ0) is 11.5. The van der Waals surface area contributed by atoms with Crippen LogP contribution in [0.1, 0.15) is 31.4 Å². The van der Waals surface area contributed by atoms with Crippen molar-refractivity contribution in [1.82, 2.24) is 9.97 Å². The molecule has 0 bridgehead atoms. The van der Waals surface area contributed by atoms with Crippen LogP contribution in [0.3, 0.4) is 0 Å². The Morgan fingerprint density at radius 1 is 1.44 bits per heavy atom. The molecule has 88 valence electrons. The van der Waals surface area contributed by atoms with Crippen LogP contribution in [0.5, 0.6) is 0 Å². The molecule has 4 nitrogen and oxygen atoms in total. The lowest BCUT2D eigenvalue weighted by atomic mass is 9.96. The number of nitrogens with zero attached hydrogens (tertiary/aromatic N) is 1. The van der Waals surface area contributed by atoms with E-state index in [1.54, 1.807) is 11.8 Å². The normalized spacial score (nSPS) is 25.6. The maximum Gasteiger partial charge on any atom is 0.251 e. The maximum atomic E-state index is 11.3. The van der Waals surface area contributed by atoms with Crippen molar-refractivity contribution in [2.45, 2.75) is 49.1 Å². The van der Waals surface area contributed by atoms with Gasteiger partial charge >= 0.3 is 0 Å². The lowest BCUT2D eigenvalue weighted by Crippen LogP contribution is -2.27. The summed E-state index contributed by atoms with van der Waals surface area (Å²) in [6.07, 6.45) is 4.38. The lowest BCUT2D eigenvalue weighted by molar-refractivity contribution is 0.450. The first-order valence-electron chi connectivity index (χ1n) is 5.63. The first kappa shape index (κ1) is 11.7. The highest BCUT2D eigenvalue weighted by Gasteiger charge is 2.20. The van der Waals surface area contributed by atoms with Gasteiger partial charge in [-0.2, -0.15) is 0 Å². The van der Waals surface area contributed by atoms with Crippen LogP contribution in [-0.4, -0.2) is 21.3 Å². The molecule has 1 aromatic heterocycles. The molecule has 1 heterocycles. The summed E-state index contributed by atoms with van der Waals surface area (Å²) in [5.41, 5.74) is 6.57. The maximum absolute atomic E-state index is 11.3. The smallest absolute Gasteiger partial charge is 0.251 e. The molecule has 0 aromatic carbocycles. The molecule has 2 rings (SSSR count). The molecule has 0 radical (unpaired) electrons. The average Bonchev–Trinajstić information content (AvgIpc) is 2.20. The van der Waals surface area contributed by atoms with Crippen molar-refractivity contribution in [3.05, 3.63) is 22.1 Å². The predicted octanol–water partition coefficient (Wildman–Crippen LogP) is 1.44. The van der Waals surface area contributed by atoms with Crippen molar-refractivity contribution < 1.29 is 0 Å². The second kappa shape index (κ2) is 5.01. The van der Waals surface area contributed by atoms with Gasteiger partial charge in [-0.3, -0.25) is 4.79 Å². The van der Waals surface area contributed by atoms with Crippen LogP contribution < -0.4 is 11.3 Å². The first-order valence-corrected chi connectivity index (χ1v) is 6.51. The van der Waals surface area contributed by atoms with Crippen LogP contribution in [0.25, 0.3) is 0 Å². The largest absolute Gasteiger partial charge is 0.328 e. The van der Waals surface area contributed by atoms with E-state index in [-0.39, 0.29) is 5.56 Å². The topological polar surface area (TPSA) is 71.8 Å². The van der Waals surface area contributed by atoms with Gasteiger partial charge in [0.25, 0.3) is 5.56 Å². The SMILES string of the molecule is Cc1cc(=O)[nH]c(SC2CCC(N)CC2)n1. The van der Waals surface area contributed by atoms with E-state index in [1.807, 2.05) is 6.92 Å². The Hall–Kier alpha value is -0.810. The number of H-pyrrole nitrogens is 1. The Labute approximate surface area is 99.0 Å². The third-order valence-electron chi connectivity index (χ3n) is 2.85. The van der Waals surface area contributed by atoms with E-state index in [0.29, 0.717) is 11.3 Å². The molecular weight excluding hydrogens is 222 g/mol. The zero-order valence-electron chi connectivity index (χ0n) is 9.40. The van der Waals surface area contributed by atoms with Crippen LogP contribution in [0.2, 0.25) is 0 Å². The number of aromatic nitrogens is 2. The summed E-state index contributed by atoms with van der Waals surface area (Å²) in [4.78, 5) is 18.4. The molecule has 0 spiro atoms. The van der Waals surface area contributed by atoms with Crippen LogP contribution in [0.4, 0.5) is 0 Å². The Bertz CT molecular complexity index is 410. The van der Waals surface area contributed by atoms with Gasteiger partial charge in [-0.05, 0) is 32.6 Å². The molecule has 5 heteroatoms. The molecule has 1 fully saturated rings. The van der Waals surface area contributed by atoms with E-state index >= 15 is 0 Å². The number of thioether (sulfide) groups is 1. The monoisotopic (exact) mass is 239 g/mol. The molecule has 1 aliphatic carbocycles.